The summed E-state index contributed by atoms with van der Waals surface area (Å²) in [5.74, 6) is -0.510. The van der Waals surface area contributed by atoms with Crippen LogP contribution in [0.25, 0.3) is 33.0 Å². The van der Waals surface area contributed by atoms with E-state index in [0.717, 1.165) is 45.4 Å². The third kappa shape index (κ3) is 2.91. The van der Waals surface area contributed by atoms with Crippen molar-refractivity contribution in [3.05, 3.63) is 82.4 Å². The molecule has 29 heavy (non-hydrogen) atoms. The first-order valence-corrected chi connectivity index (χ1v) is 10.3. The second-order valence-electron chi connectivity index (χ2n) is 7.15. The third-order valence-electron chi connectivity index (χ3n) is 5.35. The predicted octanol–water partition coefficient (Wildman–Crippen LogP) is 5.13. The van der Waals surface area contributed by atoms with Gasteiger partial charge in [0.2, 0.25) is 0 Å². The van der Waals surface area contributed by atoms with Gasteiger partial charge < -0.3 is 11.5 Å². The van der Waals surface area contributed by atoms with Crippen molar-refractivity contribution in [1.29, 1.82) is 0 Å². The molecule has 1 aliphatic carbocycles. The molecule has 2 aromatic carbocycles. The number of nitrogens with two attached hydrogens (primary N) is 2. The summed E-state index contributed by atoms with van der Waals surface area (Å²) < 4.78 is 0. The van der Waals surface area contributed by atoms with E-state index >= 15 is 0 Å². The van der Waals surface area contributed by atoms with Gasteiger partial charge in [-0.2, -0.15) is 0 Å². The van der Waals surface area contributed by atoms with E-state index < -0.39 is 5.91 Å². The Balaban J connectivity index is 1.82. The van der Waals surface area contributed by atoms with Gasteiger partial charge >= 0.3 is 0 Å². The van der Waals surface area contributed by atoms with Crippen LogP contribution in [0.4, 0.5) is 5.69 Å². The van der Waals surface area contributed by atoms with Crippen molar-refractivity contribution < 1.29 is 4.79 Å². The number of anilines is 1. The molecule has 0 saturated heterocycles. The first-order valence-electron chi connectivity index (χ1n) is 9.49. The molecular weight excluding hydrogens is 378 g/mol. The third-order valence-corrected chi connectivity index (χ3v) is 6.47. The first kappa shape index (κ1) is 17.6. The molecule has 5 heteroatoms. The van der Waals surface area contributed by atoms with E-state index in [0.29, 0.717) is 10.6 Å². The maximum absolute atomic E-state index is 11.9. The van der Waals surface area contributed by atoms with Crippen LogP contribution in [0.1, 0.15) is 32.9 Å². The fraction of sp³-hybridized carbons (Fsp3) is 0.0833. The highest BCUT2D eigenvalue weighted by Crippen LogP contribution is 2.46. The molecule has 0 bridgehead atoms. The molecule has 0 saturated carbocycles. The largest absolute Gasteiger partial charge is 0.397 e. The van der Waals surface area contributed by atoms with Gasteiger partial charge in [-0.05, 0) is 46.7 Å². The number of nitrogens with zero attached hydrogens (tertiary/aromatic N) is 1. The van der Waals surface area contributed by atoms with Crippen molar-refractivity contribution in [3.8, 4) is 11.1 Å². The highest BCUT2D eigenvalue weighted by atomic mass is 32.1. The van der Waals surface area contributed by atoms with E-state index in [1.807, 2.05) is 36.4 Å². The van der Waals surface area contributed by atoms with Crippen LogP contribution < -0.4 is 11.5 Å². The van der Waals surface area contributed by atoms with Crippen LogP contribution in [0, 0.1) is 0 Å². The van der Waals surface area contributed by atoms with Crippen molar-refractivity contribution in [1.82, 2.24) is 4.98 Å². The van der Waals surface area contributed by atoms with Gasteiger partial charge in [0.1, 0.15) is 9.71 Å². The van der Waals surface area contributed by atoms with Crippen LogP contribution in [0.15, 0.2) is 60.7 Å². The molecule has 1 aliphatic rings. The zero-order valence-corrected chi connectivity index (χ0v) is 16.5. The van der Waals surface area contributed by atoms with E-state index in [1.165, 1.54) is 22.5 Å². The quantitative estimate of drug-likeness (QED) is 0.503. The molecular formula is C24H19N3OS. The van der Waals surface area contributed by atoms with Crippen LogP contribution in [0.3, 0.4) is 0 Å². The minimum Gasteiger partial charge on any atom is -0.397 e. The molecule has 2 aromatic heterocycles. The molecule has 0 aliphatic heterocycles. The van der Waals surface area contributed by atoms with E-state index in [4.69, 9.17) is 16.5 Å². The van der Waals surface area contributed by atoms with Gasteiger partial charge in [0.25, 0.3) is 5.91 Å². The van der Waals surface area contributed by atoms with E-state index in [-0.39, 0.29) is 0 Å². The minimum absolute atomic E-state index is 0.377. The van der Waals surface area contributed by atoms with Crippen molar-refractivity contribution in [2.45, 2.75) is 12.8 Å². The fourth-order valence-corrected chi connectivity index (χ4v) is 5.03. The van der Waals surface area contributed by atoms with Gasteiger partial charge in [-0.1, -0.05) is 60.7 Å². The van der Waals surface area contributed by atoms with Crippen LogP contribution in [-0.2, 0) is 6.42 Å². The molecule has 2 heterocycles. The Morgan fingerprint density at radius 1 is 1.00 bits per heavy atom. The Kier molecular flexibility index (Phi) is 4.18. The molecule has 0 radical (unpaired) electrons. The smallest absolute Gasteiger partial charge is 0.260 e. The predicted molar refractivity (Wildman–Crippen MR) is 121 cm³/mol. The van der Waals surface area contributed by atoms with Crippen molar-refractivity contribution in [3.63, 3.8) is 0 Å². The normalized spacial score (nSPS) is 14.4. The summed E-state index contributed by atoms with van der Waals surface area (Å²) in [4.78, 5) is 18.0. The number of benzene rings is 2. The van der Waals surface area contributed by atoms with Gasteiger partial charge in [-0.3, -0.25) is 4.79 Å². The van der Waals surface area contributed by atoms with Crippen LogP contribution in [0.5, 0.6) is 0 Å². The summed E-state index contributed by atoms with van der Waals surface area (Å²) in [6.45, 7) is 0. The summed E-state index contributed by atoms with van der Waals surface area (Å²) in [5, 5.41) is 0.842. The summed E-state index contributed by atoms with van der Waals surface area (Å²) in [5.41, 5.74) is 19.1. The first-order chi connectivity index (χ1) is 14.1. The SMILES string of the molecule is NC(=O)c1sc2nc3c(c(-c4ccccc4)c2c1N)CCC3=Cc1ccccc1. The van der Waals surface area contributed by atoms with Crippen molar-refractivity contribution in [2.24, 2.45) is 5.73 Å². The van der Waals surface area contributed by atoms with Crippen molar-refractivity contribution in [2.75, 3.05) is 5.73 Å². The monoisotopic (exact) mass is 397 g/mol. The summed E-state index contributed by atoms with van der Waals surface area (Å²) in [6.07, 6.45) is 4.02. The Hall–Kier alpha value is -3.44. The maximum atomic E-state index is 11.9. The summed E-state index contributed by atoms with van der Waals surface area (Å²) in [7, 11) is 0. The standard InChI is InChI=1S/C24H19N3OS/c25-20-19-18(15-9-5-2-6-10-15)17-12-11-16(13-14-7-3-1-4-8-14)21(17)27-24(19)29-22(20)23(26)28/h1-10,13H,11-12,25H2,(H2,26,28). The fourth-order valence-electron chi connectivity index (χ4n) is 4.07. The molecule has 0 fully saturated rings. The second-order valence-corrected chi connectivity index (χ2v) is 8.15. The molecule has 0 unspecified atom stereocenters. The lowest BCUT2D eigenvalue weighted by molar-refractivity contribution is 0.100. The molecule has 0 atom stereocenters. The number of thiophene rings is 1. The lowest BCUT2D eigenvalue weighted by Gasteiger charge is -2.11. The van der Waals surface area contributed by atoms with Gasteiger partial charge in [0.15, 0.2) is 0 Å². The topological polar surface area (TPSA) is 82.0 Å². The minimum atomic E-state index is -0.510. The maximum Gasteiger partial charge on any atom is 0.260 e. The average molecular weight is 398 g/mol. The molecule has 142 valence electrons. The zero-order chi connectivity index (χ0) is 20.0. The molecule has 0 spiro atoms. The van der Waals surface area contributed by atoms with E-state index in [2.05, 4.69) is 30.3 Å². The van der Waals surface area contributed by atoms with Gasteiger partial charge in [0.05, 0.1) is 11.4 Å². The Morgan fingerprint density at radius 3 is 2.38 bits per heavy atom. The van der Waals surface area contributed by atoms with Gasteiger partial charge in [-0.15, -0.1) is 11.3 Å². The molecule has 4 aromatic rings. The van der Waals surface area contributed by atoms with Crippen LogP contribution in [0.2, 0.25) is 0 Å². The average Bonchev–Trinajstić information content (AvgIpc) is 3.29. The van der Waals surface area contributed by atoms with Crippen LogP contribution >= 0.6 is 11.3 Å². The van der Waals surface area contributed by atoms with E-state index in [1.54, 1.807) is 0 Å². The van der Waals surface area contributed by atoms with Crippen LogP contribution in [-0.4, -0.2) is 10.9 Å². The number of primary amides is 1. The highest BCUT2D eigenvalue weighted by molar-refractivity contribution is 7.21. The van der Waals surface area contributed by atoms with Gasteiger partial charge in [0, 0.05) is 5.39 Å². The number of aromatic nitrogens is 1. The number of carbonyl (C=O) groups is 1. The molecule has 5 rings (SSSR count). The lowest BCUT2D eigenvalue weighted by Crippen LogP contribution is -2.10. The number of fused-ring (bicyclic) bond motifs is 2. The van der Waals surface area contributed by atoms with Crippen molar-refractivity contribution >= 4 is 44.8 Å². The molecule has 4 nitrogen and oxygen atoms in total. The number of rotatable bonds is 3. The molecule has 1 amide bonds. The Morgan fingerprint density at radius 2 is 1.69 bits per heavy atom. The molecule has 4 N–H and O–H groups in total. The van der Waals surface area contributed by atoms with E-state index in [9.17, 15) is 4.79 Å². The summed E-state index contributed by atoms with van der Waals surface area (Å²) >= 11 is 1.28. The number of hydrogen-bond acceptors (Lipinski definition) is 4. The number of hydrogen-bond donors (Lipinski definition) is 2. The number of carbonyl (C=O) groups excluding carboxylic acids is 1. The van der Waals surface area contributed by atoms with Gasteiger partial charge in [-0.25, -0.2) is 4.98 Å². The number of pyridine rings is 1. The lowest BCUT2D eigenvalue weighted by atomic mass is 9.95. The second kappa shape index (κ2) is 6.87. The Labute approximate surface area is 172 Å². The number of amides is 1. The number of allylic oxidation sites excluding steroid dienone is 1. The Bertz CT molecular complexity index is 1270. The zero-order valence-electron chi connectivity index (χ0n) is 15.7. The summed E-state index contributed by atoms with van der Waals surface area (Å²) in [6, 6.07) is 20.5. The highest BCUT2D eigenvalue weighted by Gasteiger charge is 2.28. The number of nitrogen functional groups attached to an aromatic ring is 1.